The van der Waals surface area contributed by atoms with Gasteiger partial charge >= 0.3 is 0 Å². The molecule has 34 heavy (non-hydrogen) atoms. The van der Waals surface area contributed by atoms with Gasteiger partial charge in [-0.3, -0.25) is 0 Å². The summed E-state index contributed by atoms with van der Waals surface area (Å²) in [6.45, 7) is 3.78. The van der Waals surface area contributed by atoms with Gasteiger partial charge in [-0.15, -0.1) is 0 Å². The summed E-state index contributed by atoms with van der Waals surface area (Å²) in [6.07, 6.45) is 7.44. The molecular formula is C29H33ClF2O2. The fourth-order valence-electron chi connectivity index (χ4n) is 4.59. The zero-order valence-electron chi connectivity index (χ0n) is 19.8. The van der Waals surface area contributed by atoms with Gasteiger partial charge in [-0.2, -0.15) is 0 Å². The third-order valence-corrected chi connectivity index (χ3v) is 6.99. The number of unbranched alkanes of at least 4 members (excludes halogenated alkanes) is 2. The Morgan fingerprint density at radius 3 is 2.38 bits per heavy atom. The molecule has 3 aromatic carbocycles. The van der Waals surface area contributed by atoms with E-state index in [1.54, 1.807) is 12.1 Å². The van der Waals surface area contributed by atoms with Crippen LogP contribution in [-0.2, 0) is 28.7 Å². The fraction of sp³-hybridized carbons (Fsp3) is 0.448. The number of halogens is 3. The zero-order chi connectivity index (χ0) is 23.9. The van der Waals surface area contributed by atoms with Gasteiger partial charge in [-0.1, -0.05) is 74.2 Å². The van der Waals surface area contributed by atoms with Crippen molar-refractivity contribution >= 4 is 22.4 Å². The van der Waals surface area contributed by atoms with Crippen molar-refractivity contribution in [3.05, 3.63) is 81.9 Å². The number of aryl methyl sites for hydroxylation is 3. The summed E-state index contributed by atoms with van der Waals surface area (Å²) in [4.78, 5) is 0. The largest absolute Gasteiger partial charge is 0.352 e. The van der Waals surface area contributed by atoms with Crippen LogP contribution in [0.3, 0.4) is 0 Å². The van der Waals surface area contributed by atoms with Gasteiger partial charge in [0.2, 0.25) is 0 Å². The van der Waals surface area contributed by atoms with Crippen LogP contribution >= 0.6 is 11.6 Å². The van der Waals surface area contributed by atoms with Gasteiger partial charge < -0.3 is 9.47 Å². The molecule has 0 unspecified atom stereocenters. The van der Waals surface area contributed by atoms with Crippen LogP contribution in [0.5, 0.6) is 0 Å². The molecule has 182 valence electrons. The van der Waals surface area contributed by atoms with Crippen molar-refractivity contribution in [3.8, 4) is 0 Å². The first-order valence-corrected chi connectivity index (χ1v) is 12.8. The van der Waals surface area contributed by atoms with Gasteiger partial charge in [0.25, 0.3) is 0 Å². The predicted molar refractivity (Wildman–Crippen MR) is 134 cm³/mol. The number of hydrogen-bond acceptors (Lipinski definition) is 2. The SMILES string of the molecule is CCCCCC1COC(CCc2ccc3c(F)c(CCc4ccc(Cl)c(F)c4)ccc3c2)OC1. The highest BCUT2D eigenvalue weighted by Crippen LogP contribution is 2.26. The molecule has 0 aromatic heterocycles. The zero-order valence-corrected chi connectivity index (χ0v) is 20.6. The summed E-state index contributed by atoms with van der Waals surface area (Å²) in [7, 11) is 0. The molecule has 1 fully saturated rings. The first-order valence-electron chi connectivity index (χ1n) is 12.4. The van der Waals surface area contributed by atoms with Gasteiger partial charge in [0.1, 0.15) is 11.6 Å². The van der Waals surface area contributed by atoms with E-state index < -0.39 is 5.82 Å². The van der Waals surface area contributed by atoms with Crippen molar-refractivity contribution in [2.24, 2.45) is 5.92 Å². The Labute approximate surface area is 206 Å². The molecule has 2 nitrogen and oxygen atoms in total. The van der Waals surface area contributed by atoms with E-state index in [1.165, 1.54) is 31.7 Å². The molecule has 3 aromatic rings. The number of hydrogen-bond donors (Lipinski definition) is 0. The smallest absolute Gasteiger partial charge is 0.157 e. The standard InChI is InChI=1S/C29H33ClF2O2/c1-2-3-4-5-22-18-33-28(34-19-22)15-9-20-7-13-25-24(16-20)12-11-23(29(25)32)10-6-21-8-14-26(30)27(31)17-21/h7-8,11-14,16-17,22,28H,2-6,9-10,15,18-19H2,1H3. The van der Waals surface area contributed by atoms with Crippen LogP contribution in [0.4, 0.5) is 8.78 Å². The molecule has 0 aliphatic carbocycles. The molecule has 0 amide bonds. The van der Waals surface area contributed by atoms with Crippen LogP contribution in [0.15, 0.2) is 48.5 Å². The Morgan fingerprint density at radius 1 is 0.853 bits per heavy atom. The van der Waals surface area contributed by atoms with Crippen molar-refractivity contribution in [1.29, 1.82) is 0 Å². The van der Waals surface area contributed by atoms with Gasteiger partial charge in [-0.05, 0) is 59.9 Å². The summed E-state index contributed by atoms with van der Waals surface area (Å²) < 4.78 is 40.7. The molecule has 1 heterocycles. The molecule has 0 bridgehead atoms. The maximum Gasteiger partial charge on any atom is 0.157 e. The first-order chi connectivity index (χ1) is 16.5. The number of ether oxygens (including phenoxy) is 2. The Hall–Kier alpha value is -2.01. The summed E-state index contributed by atoms with van der Waals surface area (Å²) in [5.41, 5.74) is 2.58. The number of fused-ring (bicyclic) bond motifs is 1. The van der Waals surface area contributed by atoms with E-state index in [-0.39, 0.29) is 17.1 Å². The van der Waals surface area contributed by atoms with Crippen molar-refractivity contribution in [2.45, 2.75) is 64.6 Å². The predicted octanol–water partition coefficient (Wildman–Crippen LogP) is 8.06. The molecule has 0 radical (unpaired) electrons. The second kappa shape index (κ2) is 12.1. The molecule has 0 saturated carbocycles. The second-order valence-corrected chi connectivity index (χ2v) is 9.75. The van der Waals surface area contributed by atoms with Gasteiger partial charge in [0, 0.05) is 17.7 Å². The first kappa shape index (κ1) is 25.1. The minimum absolute atomic E-state index is 0.102. The van der Waals surface area contributed by atoms with Crippen molar-refractivity contribution in [1.82, 2.24) is 0 Å². The van der Waals surface area contributed by atoms with Crippen molar-refractivity contribution in [2.75, 3.05) is 13.2 Å². The average molecular weight is 487 g/mol. The van der Waals surface area contributed by atoms with Crippen molar-refractivity contribution in [3.63, 3.8) is 0 Å². The second-order valence-electron chi connectivity index (χ2n) is 9.34. The van der Waals surface area contributed by atoms with Crippen LogP contribution in [-0.4, -0.2) is 19.5 Å². The Morgan fingerprint density at radius 2 is 1.62 bits per heavy atom. The molecule has 5 heteroatoms. The summed E-state index contributed by atoms with van der Waals surface area (Å²) in [5.74, 6) is -0.132. The maximum atomic E-state index is 15.1. The molecule has 1 aliphatic rings. The van der Waals surface area contributed by atoms with E-state index in [2.05, 4.69) is 6.92 Å². The van der Waals surface area contributed by atoms with E-state index in [0.29, 0.717) is 29.7 Å². The Bertz CT molecular complexity index is 1090. The summed E-state index contributed by atoms with van der Waals surface area (Å²) in [6, 6.07) is 14.4. The normalized spacial score (nSPS) is 18.5. The molecular weight excluding hydrogens is 454 g/mol. The highest BCUT2D eigenvalue weighted by atomic mass is 35.5. The quantitative estimate of drug-likeness (QED) is 0.270. The Balaban J connectivity index is 1.31. The van der Waals surface area contributed by atoms with Crippen LogP contribution < -0.4 is 0 Å². The van der Waals surface area contributed by atoms with E-state index in [1.807, 2.05) is 30.3 Å². The number of rotatable bonds is 10. The molecule has 1 aliphatic heterocycles. The van der Waals surface area contributed by atoms with E-state index >= 15 is 4.39 Å². The van der Waals surface area contributed by atoms with Gasteiger partial charge in [-0.25, -0.2) is 8.78 Å². The lowest BCUT2D eigenvalue weighted by molar-refractivity contribution is -0.203. The fourth-order valence-corrected chi connectivity index (χ4v) is 4.71. The lowest BCUT2D eigenvalue weighted by atomic mass is 9.98. The van der Waals surface area contributed by atoms with Gasteiger partial charge in [0.05, 0.1) is 18.2 Å². The topological polar surface area (TPSA) is 18.5 Å². The van der Waals surface area contributed by atoms with E-state index in [0.717, 1.165) is 42.6 Å². The highest BCUT2D eigenvalue weighted by Gasteiger charge is 2.21. The third-order valence-electron chi connectivity index (χ3n) is 6.69. The molecule has 1 saturated heterocycles. The minimum Gasteiger partial charge on any atom is -0.352 e. The number of benzene rings is 3. The maximum absolute atomic E-state index is 15.1. The van der Waals surface area contributed by atoms with Crippen molar-refractivity contribution < 1.29 is 18.3 Å². The highest BCUT2D eigenvalue weighted by molar-refractivity contribution is 6.30. The molecule has 0 spiro atoms. The molecule has 0 N–H and O–H groups in total. The van der Waals surface area contributed by atoms with E-state index in [9.17, 15) is 4.39 Å². The minimum atomic E-state index is -0.443. The van der Waals surface area contributed by atoms with Crippen LogP contribution in [0, 0.1) is 17.6 Å². The lowest BCUT2D eigenvalue weighted by Gasteiger charge is -2.29. The van der Waals surface area contributed by atoms with E-state index in [4.69, 9.17) is 21.1 Å². The molecule has 4 rings (SSSR count). The molecule has 0 atom stereocenters. The summed E-state index contributed by atoms with van der Waals surface area (Å²) >= 11 is 5.75. The Kier molecular flexibility index (Phi) is 8.93. The monoisotopic (exact) mass is 486 g/mol. The lowest BCUT2D eigenvalue weighted by Crippen LogP contribution is -2.32. The van der Waals surface area contributed by atoms with Gasteiger partial charge in [0.15, 0.2) is 6.29 Å². The average Bonchev–Trinajstić information content (AvgIpc) is 2.85. The summed E-state index contributed by atoms with van der Waals surface area (Å²) in [5, 5.41) is 1.60. The van der Waals surface area contributed by atoms with Crippen LogP contribution in [0.1, 0.15) is 55.7 Å². The van der Waals surface area contributed by atoms with Crippen LogP contribution in [0.25, 0.3) is 10.8 Å². The van der Waals surface area contributed by atoms with Crippen LogP contribution in [0.2, 0.25) is 5.02 Å². The third kappa shape index (κ3) is 6.56.